The van der Waals surface area contributed by atoms with E-state index in [0.29, 0.717) is 24.5 Å². The molecule has 80 valence electrons. The molecule has 0 spiro atoms. The van der Waals surface area contributed by atoms with Crippen LogP contribution in [-0.4, -0.2) is 35.0 Å². The number of hydrogen-bond acceptors (Lipinski definition) is 3. The maximum absolute atomic E-state index is 11.5. The quantitative estimate of drug-likeness (QED) is 0.293. The van der Waals surface area contributed by atoms with Crippen LogP contribution in [-0.2, 0) is 15.5 Å². The molecule has 2 atom stereocenters. The molecule has 0 aliphatic carbocycles. The fourth-order valence-corrected chi connectivity index (χ4v) is 2.70. The van der Waals surface area contributed by atoms with Crippen molar-refractivity contribution in [2.45, 2.75) is 25.4 Å². The van der Waals surface area contributed by atoms with E-state index in [4.69, 9.17) is 10.3 Å². The van der Waals surface area contributed by atoms with Gasteiger partial charge in [-0.05, 0) is 24.8 Å². The van der Waals surface area contributed by atoms with Gasteiger partial charge < -0.3 is 4.74 Å². The summed E-state index contributed by atoms with van der Waals surface area (Å²) in [6.45, 7) is 1.24. The summed E-state index contributed by atoms with van der Waals surface area (Å²) >= 11 is 0. The molecule has 0 radical (unpaired) electrons. The van der Waals surface area contributed by atoms with Gasteiger partial charge in [-0.2, -0.15) is 0 Å². The van der Waals surface area contributed by atoms with E-state index >= 15 is 0 Å². The van der Waals surface area contributed by atoms with Crippen LogP contribution in [0, 0.1) is 0 Å². The van der Waals surface area contributed by atoms with E-state index in [1.807, 2.05) is 0 Å². The summed E-state index contributed by atoms with van der Waals surface area (Å²) in [4.78, 5) is 2.64. The zero-order valence-corrected chi connectivity index (χ0v) is 8.91. The third-order valence-electron chi connectivity index (χ3n) is 2.09. The van der Waals surface area contributed by atoms with Crippen molar-refractivity contribution in [3.63, 3.8) is 0 Å². The molecule has 5 nitrogen and oxygen atoms in total. The largest absolute Gasteiger partial charge is 0.377 e. The van der Waals surface area contributed by atoms with Crippen molar-refractivity contribution in [2.75, 3.05) is 24.7 Å². The second kappa shape index (κ2) is 6.81. The number of nitrogens with zero attached hydrogens (tertiary/aromatic N) is 3. The topological polar surface area (TPSA) is 75.1 Å². The minimum absolute atomic E-state index is 0.190. The molecule has 0 amide bonds. The molecule has 0 aromatic heterocycles. The smallest absolute Gasteiger partial charge is 0.0691 e. The molecule has 1 fully saturated rings. The fraction of sp³-hybridized carbons (Fsp3) is 1.00. The third-order valence-corrected chi connectivity index (χ3v) is 3.58. The normalized spacial score (nSPS) is 23.0. The van der Waals surface area contributed by atoms with Crippen LogP contribution in [0.2, 0.25) is 0 Å². The third kappa shape index (κ3) is 4.60. The van der Waals surface area contributed by atoms with Crippen molar-refractivity contribution in [1.29, 1.82) is 0 Å². The molecule has 0 aromatic carbocycles. The van der Waals surface area contributed by atoms with Crippen molar-refractivity contribution >= 4 is 10.8 Å². The summed E-state index contributed by atoms with van der Waals surface area (Å²) in [6, 6.07) is 0. The van der Waals surface area contributed by atoms with Gasteiger partial charge in [0, 0.05) is 40.4 Å². The summed E-state index contributed by atoms with van der Waals surface area (Å²) in [6.07, 6.45) is 3.00. The number of ether oxygens (including phenoxy) is 1. The average Bonchev–Trinajstić information content (AvgIpc) is 2.65. The minimum atomic E-state index is -0.822. The van der Waals surface area contributed by atoms with Crippen molar-refractivity contribution in [3.8, 4) is 0 Å². The van der Waals surface area contributed by atoms with Gasteiger partial charge >= 0.3 is 0 Å². The second-order valence-corrected chi connectivity index (χ2v) is 4.87. The first kappa shape index (κ1) is 11.5. The number of rotatable bonds is 6. The molecule has 1 heterocycles. The van der Waals surface area contributed by atoms with E-state index in [-0.39, 0.29) is 6.10 Å². The lowest BCUT2D eigenvalue weighted by Crippen LogP contribution is -2.17. The van der Waals surface area contributed by atoms with Gasteiger partial charge in [0.25, 0.3) is 0 Å². The molecule has 0 N–H and O–H groups in total. The Bertz CT molecular complexity index is 235. The Morgan fingerprint density at radius 1 is 1.64 bits per heavy atom. The first-order valence-electron chi connectivity index (χ1n) is 4.80. The van der Waals surface area contributed by atoms with Crippen molar-refractivity contribution < 1.29 is 8.95 Å². The van der Waals surface area contributed by atoms with Crippen LogP contribution >= 0.6 is 0 Å². The van der Waals surface area contributed by atoms with Crippen LogP contribution in [0.5, 0.6) is 0 Å². The van der Waals surface area contributed by atoms with Crippen LogP contribution in [0.1, 0.15) is 19.3 Å². The lowest BCUT2D eigenvalue weighted by molar-refractivity contribution is 0.128. The highest BCUT2D eigenvalue weighted by atomic mass is 32.2. The average molecular weight is 217 g/mol. The Morgan fingerprint density at radius 3 is 3.14 bits per heavy atom. The molecular formula is C8H15N3O2S. The summed E-state index contributed by atoms with van der Waals surface area (Å²) in [7, 11) is -0.822. The lowest BCUT2D eigenvalue weighted by Gasteiger charge is -2.07. The van der Waals surface area contributed by atoms with Gasteiger partial charge in [-0.25, -0.2) is 0 Å². The maximum atomic E-state index is 11.5. The molecule has 14 heavy (non-hydrogen) atoms. The van der Waals surface area contributed by atoms with Gasteiger partial charge in [0.1, 0.15) is 0 Å². The summed E-state index contributed by atoms with van der Waals surface area (Å²) < 4.78 is 16.8. The van der Waals surface area contributed by atoms with E-state index in [0.717, 1.165) is 19.4 Å². The maximum Gasteiger partial charge on any atom is 0.0691 e. The number of azide groups is 1. The zero-order valence-electron chi connectivity index (χ0n) is 8.09. The SMILES string of the molecule is [N-]=[N+]=NCCCS(=O)CC1CCCO1. The molecule has 1 aliphatic heterocycles. The van der Waals surface area contributed by atoms with E-state index in [9.17, 15) is 4.21 Å². The first-order chi connectivity index (χ1) is 6.83. The Hall–Kier alpha value is -0.580. The van der Waals surface area contributed by atoms with Crippen LogP contribution in [0.4, 0.5) is 0 Å². The monoisotopic (exact) mass is 217 g/mol. The molecule has 2 unspecified atom stereocenters. The summed E-state index contributed by atoms with van der Waals surface area (Å²) in [5.41, 5.74) is 8.02. The number of hydrogen-bond donors (Lipinski definition) is 0. The van der Waals surface area contributed by atoms with Gasteiger partial charge in [-0.1, -0.05) is 5.11 Å². The van der Waals surface area contributed by atoms with Gasteiger partial charge in [0.15, 0.2) is 0 Å². The lowest BCUT2D eigenvalue weighted by atomic mass is 10.3. The Labute approximate surface area is 85.9 Å². The molecule has 6 heteroatoms. The van der Waals surface area contributed by atoms with Crippen LogP contribution in [0.3, 0.4) is 0 Å². The van der Waals surface area contributed by atoms with Crippen LogP contribution < -0.4 is 0 Å². The Morgan fingerprint density at radius 2 is 2.50 bits per heavy atom. The van der Waals surface area contributed by atoms with E-state index in [1.165, 1.54) is 0 Å². The van der Waals surface area contributed by atoms with Crippen molar-refractivity contribution in [1.82, 2.24) is 0 Å². The second-order valence-electron chi connectivity index (χ2n) is 3.25. The fourth-order valence-electron chi connectivity index (χ4n) is 1.41. The van der Waals surface area contributed by atoms with Crippen LogP contribution in [0.15, 0.2) is 5.11 Å². The summed E-state index contributed by atoms with van der Waals surface area (Å²) in [5.74, 6) is 1.25. The van der Waals surface area contributed by atoms with E-state index < -0.39 is 10.8 Å². The highest BCUT2D eigenvalue weighted by molar-refractivity contribution is 7.85. The molecule has 0 saturated carbocycles. The highest BCUT2D eigenvalue weighted by Crippen LogP contribution is 2.13. The van der Waals surface area contributed by atoms with Gasteiger partial charge in [0.2, 0.25) is 0 Å². The standard InChI is InChI=1S/C8H15N3O2S/c9-11-10-4-2-6-14(12)7-8-3-1-5-13-8/h8H,1-7H2. The molecule has 0 aromatic rings. The van der Waals surface area contributed by atoms with Gasteiger partial charge in [-0.3, -0.25) is 4.21 Å². The summed E-state index contributed by atoms with van der Waals surface area (Å²) in [5, 5.41) is 3.39. The van der Waals surface area contributed by atoms with Gasteiger partial charge in [0.05, 0.1) is 6.10 Å². The predicted molar refractivity (Wildman–Crippen MR) is 55.5 cm³/mol. The molecule has 0 bridgehead atoms. The van der Waals surface area contributed by atoms with Crippen molar-refractivity contribution in [3.05, 3.63) is 10.4 Å². The molecule has 1 saturated heterocycles. The van der Waals surface area contributed by atoms with Crippen LogP contribution in [0.25, 0.3) is 10.4 Å². The van der Waals surface area contributed by atoms with E-state index in [1.54, 1.807) is 0 Å². The first-order valence-corrected chi connectivity index (χ1v) is 6.29. The minimum Gasteiger partial charge on any atom is -0.377 e. The van der Waals surface area contributed by atoms with Gasteiger partial charge in [-0.15, -0.1) is 0 Å². The Kier molecular flexibility index (Phi) is 5.59. The van der Waals surface area contributed by atoms with Crippen molar-refractivity contribution in [2.24, 2.45) is 5.11 Å². The predicted octanol–water partition coefficient (Wildman–Crippen LogP) is 1.61. The molecular weight excluding hydrogens is 202 g/mol. The van der Waals surface area contributed by atoms with E-state index in [2.05, 4.69) is 10.0 Å². The zero-order chi connectivity index (χ0) is 10.2. The molecule has 1 aliphatic rings. The highest BCUT2D eigenvalue weighted by Gasteiger charge is 2.17. The molecule has 1 rings (SSSR count). The Balaban J connectivity index is 2.06.